The summed E-state index contributed by atoms with van der Waals surface area (Å²) in [6.07, 6.45) is 5.83. The zero-order valence-electron chi connectivity index (χ0n) is 17.6. The number of amides is 1. The highest BCUT2D eigenvalue weighted by atomic mass is 16.3. The Hall–Kier alpha value is -1.87. The van der Waals surface area contributed by atoms with Crippen molar-refractivity contribution in [2.24, 2.45) is 5.92 Å². The minimum atomic E-state index is -0.643. The molecule has 0 unspecified atom stereocenters. The van der Waals surface area contributed by atoms with Crippen molar-refractivity contribution in [2.45, 2.75) is 70.1 Å². The second kappa shape index (κ2) is 10.2. The van der Waals surface area contributed by atoms with Crippen LogP contribution in [0.5, 0.6) is 0 Å². The van der Waals surface area contributed by atoms with E-state index in [0.29, 0.717) is 12.5 Å². The van der Waals surface area contributed by atoms with E-state index in [4.69, 9.17) is 0 Å². The molecule has 0 aromatic heterocycles. The van der Waals surface area contributed by atoms with Crippen molar-refractivity contribution in [1.29, 1.82) is 0 Å². The molecular formula is C24H34N2O3. The zero-order chi connectivity index (χ0) is 20.8. The van der Waals surface area contributed by atoms with E-state index in [0.717, 1.165) is 12.1 Å². The Kier molecular flexibility index (Phi) is 7.71. The van der Waals surface area contributed by atoms with Gasteiger partial charge in [-0.05, 0) is 43.4 Å². The number of hydrogen-bond acceptors (Lipinski definition) is 4. The lowest BCUT2D eigenvalue weighted by molar-refractivity contribution is -0.120. The molecule has 3 rings (SSSR count). The van der Waals surface area contributed by atoms with E-state index in [1.54, 1.807) is 13.8 Å². The number of rotatable bonds is 6. The summed E-state index contributed by atoms with van der Waals surface area (Å²) >= 11 is 0. The summed E-state index contributed by atoms with van der Waals surface area (Å²) in [4.78, 5) is 14.0. The molecule has 1 aromatic rings. The van der Waals surface area contributed by atoms with Crippen LogP contribution in [0.2, 0.25) is 0 Å². The van der Waals surface area contributed by atoms with Gasteiger partial charge in [-0.15, -0.1) is 0 Å². The Balaban J connectivity index is 1.75. The molecule has 1 aromatic carbocycles. The summed E-state index contributed by atoms with van der Waals surface area (Å²) in [5, 5.41) is 22.5. The van der Waals surface area contributed by atoms with Gasteiger partial charge >= 0.3 is 0 Å². The molecule has 5 heteroatoms. The van der Waals surface area contributed by atoms with Crippen LogP contribution in [0.15, 0.2) is 24.3 Å². The predicted octanol–water partition coefficient (Wildman–Crippen LogP) is 2.26. The van der Waals surface area contributed by atoms with Gasteiger partial charge in [-0.2, -0.15) is 0 Å². The molecule has 4 atom stereocenters. The molecular weight excluding hydrogens is 364 g/mol. The van der Waals surface area contributed by atoms with Gasteiger partial charge in [-0.1, -0.05) is 43.2 Å². The predicted molar refractivity (Wildman–Crippen MR) is 114 cm³/mol. The topological polar surface area (TPSA) is 72.8 Å². The quantitative estimate of drug-likeness (QED) is 0.643. The smallest absolute Gasteiger partial charge is 0.216 e. The van der Waals surface area contributed by atoms with E-state index in [2.05, 4.69) is 34.2 Å². The molecule has 2 aliphatic rings. The first-order chi connectivity index (χ1) is 14.0. The lowest BCUT2D eigenvalue weighted by Crippen LogP contribution is -2.67. The normalized spacial score (nSPS) is 26.1. The van der Waals surface area contributed by atoms with Gasteiger partial charge in [-0.25, -0.2) is 0 Å². The van der Waals surface area contributed by atoms with Crippen LogP contribution in [-0.2, 0) is 4.79 Å². The van der Waals surface area contributed by atoms with E-state index >= 15 is 0 Å². The average molecular weight is 399 g/mol. The first-order valence-electron chi connectivity index (χ1n) is 10.9. The van der Waals surface area contributed by atoms with E-state index in [-0.39, 0.29) is 30.5 Å². The molecule has 5 nitrogen and oxygen atoms in total. The molecule has 0 radical (unpaired) electrons. The minimum absolute atomic E-state index is 0.0161. The van der Waals surface area contributed by atoms with Gasteiger partial charge in [0.2, 0.25) is 5.91 Å². The maximum atomic E-state index is 11.5. The molecule has 1 saturated carbocycles. The van der Waals surface area contributed by atoms with Gasteiger partial charge in [0.15, 0.2) is 0 Å². The number of aliphatic hydroxyl groups is 2. The second-order valence-corrected chi connectivity index (χ2v) is 8.55. The number of nitrogens with zero attached hydrogens (tertiary/aromatic N) is 1. The highest BCUT2D eigenvalue weighted by Crippen LogP contribution is 2.42. The molecule has 1 saturated heterocycles. The van der Waals surface area contributed by atoms with E-state index in [1.165, 1.54) is 37.7 Å². The fraction of sp³-hybridized carbons (Fsp3) is 0.625. The SMILES string of the molecule is CC(=O)NC[C@H]1[C@@H](c2ccc(C#C[C@@H](C)O)cc2)[C@@H](CO)N1CC1CCCCC1. The van der Waals surface area contributed by atoms with Crippen LogP contribution >= 0.6 is 0 Å². The maximum absolute atomic E-state index is 11.5. The monoisotopic (exact) mass is 398 g/mol. The highest BCUT2D eigenvalue weighted by molar-refractivity contribution is 5.72. The number of carbonyl (C=O) groups is 1. The fourth-order valence-electron chi connectivity index (χ4n) is 4.88. The molecule has 1 aliphatic carbocycles. The second-order valence-electron chi connectivity index (χ2n) is 8.55. The average Bonchev–Trinajstić information content (AvgIpc) is 2.70. The van der Waals surface area contributed by atoms with Crippen LogP contribution in [0.25, 0.3) is 0 Å². The van der Waals surface area contributed by atoms with Crippen molar-refractivity contribution in [3.05, 3.63) is 35.4 Å². The number of nitrogens with one attached hydrogen (secondary N) is 1. The molecule has 158 valence electrons. The van der Waals surface area contributed by atoms with Crippen LogP contribution in [0.4, 0.5) is 0 Å². The first kappa shape index (κ1) is 21.8. The van der Waals surface area contributed by atoms with Crippen molar-refractivity contribution in [2.75, 3.05) is 19.7 Å². The number of likely N-dealkylation sites (tertiary alicyclic amines) is 1. The van der Waals surface area contributed by atoms with Gasteiger partial charge < -0.3 is 15.5 Å². The third-order valence-electron chi connectivity index (χ3n) is 6.34. The Morgan fingerprint density at radius 1 is 1.21 bits per heavy atom. The Labute approximate surface area is 174 Å². The van der Waals surface area contributed by atoms with Gasteiger partial charge in [0, 0.05) is 43.6 Å². The molecule has 0 bridgehead atoms. The molecule has 2 fully saturated rings. The van der Waals surface area contributed by atoms with E-state index < -0.39 is 6.10 Å². The summed E-state index contributed by atoms with van der Waals surface area (Å²) < 4.78 is 0. The molecule has 1 aliphatic heterocycles. The third kappa shape index (κ3) is 5.60. The van der Waals surface area contributed by atoms with Crippen LogP contribution in [0, 0.1) is 17.8 Å². The van der Waals surface area contributed by atoms with Gasteiger partial charge in [0.1, 0.15) is 6.10 Å². The standard InChI is InChI=1S/C24H34N2O3/c1-17(28)8-9-19-10-12-21(13-11-19)24-22(14-25-18(2)29)26(23(24)16-27)15-20-6-4-3-5-7-20/h10-13,17,20,22-24,27-28H,3-7,14-16H2,1-2H3,(H,25,29)/t17-,22+,23-,24-/m1/s1. The summed E-state index contributed by atoms with van der Waals surface area (Å²) in [7, 11) is 0. The molecule has 3 N–H and O–H groups in total. The first-order valence-corrected chi connectivity index (χ1v) is 10.9. The Morgan fingerprint density at radius 2 is 1.90 bits per heavy atom. The van der Waals surface area contributed by atoms with Crippen molar-refractivity contribution in [3.8, 4) is 11.8 Å². The van der Waals surface area contributed by atoms with E-state index in [9.17, 15) is 15.0 Å². The number of hydrogen-bond donors (Lipinski definition) is 3. The van der Waals surface area contributed by atoms with Crippen LogP contribution in [0.3, 0.4) is 0 Å². The third-order valence-corrected chi connectivity index (χ3v) is 6.34. The van der Waals surface area contributed by atoms with Gasteiger partial charge in [0.25, 0.3) is 0 Å². The fourth-order valence-corrected chi connectivity index (χ4v) is 4.88. The van der Waals surface area contributed by atoms with Crippen molar-refractivity contribution >= 4 is 5.91 Å². The Morgan fingerprint density at radius 3 is 2.48 bits per heavy atom. The highest BCUT2D eigenvalue weighted by Gasteiger charge is 2.48. The van der Waals surface area contributed by atoms with Gasteiger partial charge in [-0.3, -0.25) is 9.69 Å². The summed E-state index contributed by atoms with van der Waals surface area (Å²) in [6.45, 7) is 4.93. The van der Waals surface area contributed by atoms with Crippen molar-refractivity contribution in [3.63, 3.8) is 0 Å². The lowest BCUT2D eigenvalue weighted by Gasteiger charge is -2.56. The van der Waals surface area contributed by atoms with Crippen LogP contribution in [0.1, 0.15) is 63.0 Å². The molecule has 29 heavy (non-hydrogen) atoms. The van der Waals surface area contributed by atoms with Gasteiger partial charge in [0.05, 0.1) is 6.61 Å². The van der Waals surface area contributed by atoms with Crippen molar-refractivity contribution < 1.29 is 15.0 Å². The van der Waals surface area contributed by atoms with Crippen LogP contribution in [-0.4, -0.2) is 58.9 Å². The summed E-state index contributed by atoms with van der Waals surface area (Å²) in [5.41, 5.74) is 2.04. The van der Waals surface area contributed by atoms with Crippen molar-refractivity contribution in [1.82, 2.24) is 10.2 Å². The maximum Gasteiger partial charge on any atom is 0.216 e. The Bertz CT molecular complexity index is 729. The minimum Gasteiger partial charge on any atom is -0.395 e. The summed E-state index contributed by atoms with van der Waals surface area (Å²) in [5.74, 6) is 6.60. The molecule has 1 heterocycles. The van der Waals surface area contributed by atoms with E-state index in [1.807, 2.05) is 12.1 Å². The number of carbonyl (C=O) groups excluding carboxylic acids is 1. The molecule has 0 spiro atoms. The number of aliphatic hydroxyl groups excluding tert-OH is 2. The molecule has 1 amide bonds. The largest absolute Gasteiger partial charge is 0.395 e. The lowest BCUT2D eigenvalue weighted by atomic mass is 9.73. The van der Waals surface area contributed by atoms with Crippen LogP contribution < -0.4 is 5.32 Å². The number of benzene rings is 1. The summed E-state index contributed by atoms with van der Waals surface area (Å²) in [6, 6.07) is 8.37. The zero-order valence-corrected chi connectivity index (χ0v) is 17.6.